The molecule has 3 aliphatic rings. The molecule has 7 nitrogen and oxygen atoms in total. The number of carbonyl (C=O) groups is 2. The Kier molecular flexibility index (Phi) is 3.91. The zero-order valence-corrected chi connectivity index (χ0v) is 15.6. The number of hydrogen-bond acceptors (Lipinski definition) is 5. The van der Waals surface area contributed by atoms with Crippen molar-refractivity contribution in [1.29, 1.82) is 0 Å². The number of hydrogen-bond donors (Lipinski definition) is 0. The van der Waals surface area contributed by atoms with Crippen LogP contribution in [0.25, 0.3) is 0 Å². The van der Waals surface area contributed by atoms with E-state index in [4.69, 9.17) is 16.6 Å². The van der Waals surface area contributed by atoms with E-state index in [1.165, 1.54) is 4.90 Å². The van der Waals surface area contributed by atoms with E-state index in [1.54, 1.807) is 11.9 Å². The van der Waals surface area contributed by atoms with Crippen LogP contribution in [0, 0.1) is 0 Å². The molecule has 136 valence electrons. The number of anilines is 1. The summed E-state index contributed by atoms with van der Waals surface area (Å²) in [5.74, 6) is 0.446. The molecule has 1 aromatic carbocycles. The number of fused-ring (bicyclic) bond motifs is 3. The fourth-order valence-electron chi connectivity index (χ4n) is 3.72. The minimum Gasteiger partial charge on any atom is -0.302 e. The van der Waals surface area contributed by atoms with Crippen molar-refractivity contribution in [2.45, 2.75) is 32.5 Å². The van der Waals surface area contributed by atoms with Crippen LogP contribution in [-0.4, -0.2) is 58.4 Å². The SMILES string of the molecule is CCCN1C(=O)C2C(N=C3N(c4cccc(Cl)c4)C(C)=CN32)N(C)C1=O. The summed E-state index contributed by atoms with van der Waals surface area (Å²) in [6, 6.07) is 6.66. The Labute approximate surface area is 157 Å². The third kappa shape index (κ3) is 2.30. The highest BCUT2D eigenvalue weighted by Crippen LogP contribution is 2.37. The van der Waals surface area contributed by atoms with E-state index in [-0.39, 0.29) is 11.9 Å². The van der Waals surface area contributed by atoms with Crippen molar-refractivity contribution in [3.63, 3.8) is 0 Å². The van der Waals surface area contributed by atoms with Crippen LogP contribution in [0.4, 0.5) is 10.5 Å². The van der Waals surface area contributed by atoms with Crippen molar-refractivity contribution in [2.75, 3.05) is 18.5 Å². The highest BCUT2D eigenvalue weighted by Gasteiger charge is 2.54. The van der Waals surface area contributed by atoms with Crippen molar-refractivity contribution in [3.8, 4) is 0 Å². The molecule has 8 heteroatoms. The molecule has 2 atom stereocenters. The van der Waals surface area contributed by atoms with Crippen LogP contribution in [0.3, 0.4) is 0 Å². The number of carbonyl (C=O) groups excluding carboxylic acids is 2. The number of imide groups is 1. The number of allylic oxidation sites excluding steroid dienone is 1. The highest BCUT2D eigenvalue weighted by molar-refractivity contribution is 6.31. The first-order chi connectivity index (χ1) is 12.4. The number of amides is 3. The van der Waals surface area contributed by atoms with E-state index in [0.29, 0.717) is 17.5 Å². The number of likely N-dealkylation sites (N-methyl/N-ethyl adjacent to an activating group) is 1. The minimum atomic E-state index is -0.529. The summed E-state index contributed by atoms with van der Waals surface area (Å²) in [5, 5.41) is 0.627. The molecule has 3 amide bonds. The van der Waals surface area contributed by atoms with Crippen LogP contribution < -0.4 is 4.90 Å². The van der Waals surface area contributed by atoms with Crippen molar-refractivity contribution in [1.82, 2.24) is 14.7 Å². The lowest BCUT2D eigenvalue weighted by atomic mass is 10.1. The first-order valence-electron chi connectivity index (χ1n) is 8.62. The van der Waals surface area contributed by atoms with Gasteiger partial charge in [0.15, 0.2) is 12.2 Å². The number of urea groups is 1. The second-order valence-corrected chi connectivity index (χ2v) is 7.10. The maximum atomic E-state index is 13.0. The van der Waals surface area contributed by atoms with Gasteiger partial charge in [-0.1, -0.05) is 24.6 Å². The summed E-state index contributed by atoms with van der Waals surface area (Å²) in [6.07, 6.45) is 2.11. The number of nitrogens with zero attached hydrogens (tertiary/aromatic N) is 5. The van der Waals surface area contributed by atoms with Gasteiger partial charge in [0.25, 0.3) is 5.91 Å². The van der Waals surface area contributed by atoms with Crippen LogP contribution in [0.1, 0.15) is 20.3 Å². The fourth-order valence-corrected chi connectivity index (χ4v) is 3.90. The average Bonchev–Trinajstić information content (AvgIpc) is 3.11. The number of benzene rings is 1. The van der Waals surface area contributed by atoms with Crippen LogP contribution in [0.15, 0.2) is 41.2 Å². The smallest absolute Gasteiger partial charge is 0.302 e. The molecule has 1 saturated heterocycles. The van der Waals surface area contributed by atoms with Gasteiger partial charge >= 0.3 is 6.03 Å². The van der Waals surface area contributed by atoms with Crippen LogP contribution in [0.2, 0.25) is 5.02 Å². The molecular formula is C18H20ClN5O2. The Balaban J connectivity index is 1.73. The van der Waals surface area contributed by atoms with Gasteiger partial charge in [-0.2, -0.15) is 0 Å². The van der Waals surface area contributed by atoms with Crippen molar-refractivity contribution in [3.05, 3.63) is 41.2 Å². The molecule has 3 aliphatic heterocycles. The van der Waals surface area contributed by atoms with Gasteiger partial charge in [-0.3, -0.25) is 14.6 Å². The third-order valence-corrected chi connectivity index (χ3v) is 5.14. The van der Waals surface area contributed by atoms with Gasteiger partial charge in [0.2, 0.25) is 5.96 Å². The summed E-state index contributed by atoms with van der Waals surface area (Å²) in [7, 11) is 1.70. The normalized spacial score (nSPS) is 24.8. The standard InChI is InChI=1S/C18H20ClN5O2/c1-4-8-22-16(25)14-15(21(3)18(22)26)20-17-23(14)10-11(2)24(17)13-7-5-6-12(19)9-13/h5-7,9-10,14-15H,4,8H2,1-3H3. The number of rotatable bonds is 3. The van der Waals surface area contributed by atoms with Gasteiger partial charge in [-0.15, -0.1) is 0 Å². The lowest BCUT2D eigenvalue weighted by Gasteiger charge is -2.40. The molecule has 0 aromatic heterocycles. The second kappa shape index (κ2) is 6.02. The maximum absolute atomic E-state index is 13.0. The predicted molar refractivity (Wildman–Crippen MR) is 99.7 cm³/mol. The Morgan fingerprint density at radius 3 is 2.73 bits per heavy atom. The first kappa shape index (κ1) is 16.9. The molecule has 1 aromatic rings. The number of aliphatic imine (C=N–C) groups is 1. The van der Waals surface area contributed by atoms with Crippen molar-refractivity contribution >= 4 is 35.2 Å². The molecule has 26 heavy (non-hydrogen) atoms. The van der Waals surface area contributed by atoms with E-state index in [2.05, 4.69) is 0 Å². The third-order valence-electron chi connectivity index (χ3n) is 4.90. The van der Waals surface area contributed by atoms with Gasteiger partial charge in [-0.05, 0) is 31.5 Å². The lowest BCUT2D eigenvalue weighted by molar-refractivity contribution is -0.136. The monoisotopic (exact) mass is 373 g/mol. The van der Waals surface area contributed by atoms with Crippen molar-refractivity contribution in [2.24, 2.45) is 4.99 Å². The average molecular weight is 374 g/mol. The maximum Gasteiger partial charge on any atom is 0.328 e. The molecule has 2 unspecified atom stereocenters. The molecule has 0 aliphatic carbocycles. The van der Waals surface area contributed by atoms with Gasteiger partial charge in [0.1, 0.15) is 0 Å². The Morgan fingerprint density at radius 1 is 1.27 bits per heavy atom. The summed E-state index contributed by atoms with van der Waals surface area (Å²) < 4.78 is 0. The van der Waals surface area contributed by atoms with Crippen LogP contribution in [0.5, 0.6) is 0 Å². The topological polar surface area (TPSA) is 59.5 Å². The molecule has 0 radical (unpaired) electrons. The number of guanidine groups is 1. The molecule has 0 saturated carbocycles. The minimum absolute atomic E-state index is 0.198. The largest absolute Gasteiger partial charge is 0.328 e. The summed E-state index contributed by atoms with van der Waals surface area (Å²) in [4.78, 5) is 37.0. The van der Waals surface area contributed by atoms with E-state index in [9.17, 15) is 9.59 Å². The van der Waals surface area contributed by atoms with Crippen LogP contribution >= 0.6 is 11.6 Å². The quantitative estimate of drug-likeness (QED) is 0.817. The Hall–Kier alpha value is -2.54. The molecule has 0 bridgehead atoms. The number of halogens is 1. The summed E-state index contributed by atoms with van der Waals surface area (Å²) >= 11 is 6.14. The molecule has 1 fully saturated rings. The highest BCUT2D eigenvalue weighted by atomic mass is 35.5. The predicted octanol–water partition coefficient (Wildman–Crippen LogP) is 2.69. The van der Waals surface area contributed by atoms with E-state index in [0.717, 1.165) is 17.8 Å². The van der Waals surface area contributed by atoms with Gasteiger partial charge in [0, 0.05) is 30.5 Å². The zero-order valence-electron chi connectivity index (χ0n) is 14.9. The lowest BCUT2D eigenvalue weighted by Crippen LogP contribution is -2.64. The van der Waals surface area contributed by atoms with E-state index < -0.39 is 12.2 Å². The van der Waals surface area contributed by atoms with Gasteiger partial charge in [0.05, 0.1) is 5.69 Å². The summed E-state index contributed by atoms with van der Waals surface area (Å²) in [5.41, 5.74) is 1.82. The van der Waals surface area contributed by atoms with Crippen LogP contribution in [-0.2, 0) is 4.79 Å². The molecule has 0 N–H and O–H groups in total. The summed E-state index contributed by atoms with van der Waals surface area (Å²) in [6.45, 7) is 4.32. The second-order valence-electron chi connectivity index (χ2n) is 6.66. The van der Waals surface area contributed by atoms with E-state index in [1.807, 2.05) is 54.1 Å². The zero-order chi connectivity index (χ0) is 18.6. The van der Waals surface area contributed by atoms with Gasteiger partial charge < -0.3 is 9.80 Å². The Morgan fingerprint density at radius 2 is 2.04 bits per heavy atom. The molecule has 0 spiro atoms. The molecule has 3 heterocycles. The first-order valence-corrected chi connectivity index (χ1v) is 9.00. The fraction of sp³-hybridized carbons (Fsp3) is 0.389. The van der Waals surface area contributed by atoms with E-state index >= 15 is 0 Å². The van der Waals surface area contributed by atoms with Gasteiger partial charge in [-0.25, -0.2) is 9.79 Å². The van der Waals surface area contributed by atoms with Crippen molar-refractivity contribution < 1.29 is 9.59 Å². The Bertz CT molecular complexity index is 852. The molecule has 4 rings (SSSR count). The molecular weight excluding hydrogens is 354 g/mol.